The van der Waals surface area contributed by atoms with E-state index in [9.17, 15) is 4.79 Å². The zero-order valence-corrected chi connectivity index (χ0v) is 14.4. The van der Waals surface area contributed by atoms with E-state index in [1.54, 1.807) is 10.5 Å². The summed E-state index contributed by atoms with van der Waals surface area (Å²) in [5.41, 5.74) is 4.55. The first-order valence-corrected chi connectivity index (χ1v) is 9.02. The number of hydrogen-bond donors (Lipinski definition) is 0. The molecule has 0 saturated heterocycles. The lowest BCUT2D eigenvalue weighted by atomic mass is 9.99. The van der Waals surface area contributed by atoms with Crippen molar-refractivity contribution in [3.8, 4) is 0 Å². The van der Waals surface area contributed by atoms with Gasteiger partial charge in [0.15, 0.2) is 4.96 Å². The molecule has 0 unspecified atom stereocenters. The van der Waals surface area contributed by atoms with Crippen LogP contribution in [-0.4, -0.2) is 27.4 Å². The molecule has 0 atom stereocenters. The Hall–Kier alpha value is -2.24. The number of aryl methyl sites for hydroxylation is 1. The number of nitrogens with zero attached hydrogens (tertiary/aromatic N) is 3. The minimum absolute atomic E-state index is 0.0197. The van der Waals surface area contributed by atoms with Gasteiger partial charge in [0.05, 0.1) is 5.69 Å². The molecule has 5 heteroatoms. The van der Waals surface area contributed by atoms with Crippen LogP contribution >= 0.6 is 11.3 Å². The molecule has 0 fully saturated rings. The molecule has 3 heterocycles. The Balaban J connectivity index is 1.51. The summed E-state index contributed by atoms with van der Waals surface area (Å²) < 4.78 is 1.68. The van der Waals surface area contributed by atoms with Crippen LogP contribution in [0.15, 0.2) is 52.6 Å². The van der Waals surface area contributed by atoms with Crippen LogP contribution in [0.3, 0.4) is 0 Å². The van der Waals surface area contributed by atoms with Crippen LogP contribution in [0.2, 0.25) is 0 Å². The van der Waals surface area contributed by atoms with E-state index in [1.165, 1.54) is 22.5 Å². The summed E-state index contributed by atoms with van der Waals surface area (Å²) in [5, 5.41) is 1.98. The lowest BCUT2D eigenvalue weighted by Crippen LogP contribution is -2.29. The molecule has 24 heavy (non-hydrogen) atoms. The van der Waals surface area contributed by atoms with Gasteiger partial charge >= 0.3 is 0 Å². The van der Waals surface area contributed by atoms with Crippen LogP contribution < -0.4 is 5.56 Å². The highest BCUT2D eigenvalue weighted by atomic mass is 32.1. The predicted molar refractivity (Wildman–Crippen MR) is 98.4 cm³/mol. The van der Waals surface area contributed by atoms with E-state index in [1.807, 2.05) is 18.4 Å². The van der Waals surface area contributed by atoms with Gasteiger partial charge in [-0.2, -0.15) is 0 Å². The monoisotopic (exact) mass is 337 g/mol. The summed E-state index contributed by atoms with van der Waals surface area (Å²) in [7, 11) is 0. The molecule has 0 bridgehead atoms. The molecule has 4 rings (SSSR count). The Labute approximate surface area is 144 Å². The topological polar surface area (TPSA) is 37.6 Å². The number of fused-ring (bicyclic) bond motifs is 1. The Morgan fingerprint density at radius 1 is 1.25 bits per heavy atom. The van der Waals surface area contributed by atoms with Crippen molar-refractivity contribution < 1.29 is 0 Å². The van der Waals surface area contributed by atoms with Crippen molar-refractivity contribution in [1.29, 1.82) is 0 Å². The number of hydrogen-bond acceptors (Lipinski definition) is 4. The first kappa shape index (κ1) is 15.3. The van der Waals surface area contributed by atoms with E-state index in [0.717, 1.165) is 42.4 Å². The van der Waals surface area contributed by atoms with Gasteiger partial charge in [-0.3, -0.25) is 14.1 Å². The van der Waals surface area contributed by atoms with Crippen LogP contribution in [0.25, 0.3) is 10.5 Å². The Bertz CT molecular complexity index is 956. The van der Waals surface area contributed by atoms with Gasteiger partial charge in [0.1, 0.15) is 0 Å². The maximum atomic E-state index is 12.3. The molecule has 0 aliphatic carbocycles. The summed E-state index contributed by atoms with van der Waals surface area (Å²) in [6.07, 6.45) is 3.32. The smallest absolute Gasteiger partial charge is 0.259 e. The quantitative estimate of drug-likeness (QED) is 0.735. The number of aromatic nitrogens is 2. The highest BCUT2D eigenvalue weighted by Crippen LogP contribution is 2.22. The second kappa shape index (κ2) is 6.34. The summed E-state index contributed by atoms with van der Waals surface area (Å²) in [6, 6.07) is 12.2. The van der Waals surface area contributed by atoms with Crippen molar-refractivity contribution in [2.24, 2.45) is 0 Å². The van der Waals surface area contributed by atoms with Gasteiger partial charge in [0, 0.05) is 36.8 Å². The fraction of sp³-hybridized carbons (Fsp3) is 0.263. The summed E-state index contributed by atoms with van der Waals surface area (Å²) >= 11 is 1.52. The van der Waals surface area contributed by atoms with Crippen LogP contribution in [0, 0.1) is 6.92 Å². The van der Waals surface area contributed by atoms with Crippen LogP contribution in [-0.2, 0) is 6.54 Å². The molecule has 1 aliphatic heterocycles. The summed E-state index contributed by atoms with van der Waals surface area (Å²) in [6.45, 7) is 4.55. The molecule has 122 valence electrons. The van der Waals surface area contributed by atoms with Crippen molar-refractivity contribution in [1.82, 2.24) is 14.3 Å². The minimum Gasteiger partial charge on any atom is -0.294 e. The van der Waals surface area contributed by atoms with Gasteiger partial charge in [0.25, 0.3) is 5.56 Å². The fourth-order valence-electron chi connectivity index (χ4n) is 3.18. The van der Waals surface area contributed by atoms with Crippen molar-refractivity contribution in [3.63, 3.8) is 0 Å². The van der Waals surface area contributed by atoms with Crippen LogP contribution in [0.4, 0.5) is 0 Å². The SMILES string of the molecule is Cc1csc2nc(CN3CC=C(c4ccccc4)CC3)cc(=O)n12. The number of rotatable bonds is 3. The van der Waals surface area contributed by atoms with E-state index in [-0.39, 0.29) is 5.56 Å². The second-order valence-electron chi connectivity index (χ2n) is 6.16. The largest absolute Gasteiger partial charge is 0.294 e. The first-order chi connectivity index (χ1) is 11.7. The lowest BCUT2D eigenvalue weighted by Gasteiger charge is -2.26. The first-order valence-electron chi connectivity index (χ1n) is 8.14. The van der Waals surface area contributed by atoms with Gasteiger partial charge in [-0.05, 0) is 24.5 Å². The van der Waals surface area contributed by atoms with Crippen LogP contribution in [0.5, 0.6) is 0 Å². The normalized spacial score (nSPS) is 15.6. The molecule has 1 aliphatic rings. The average molecular weight is 337 g/mol. The molecule has 1 aromatic carbocycles. The molecule has 0 radical (unpaired) electrons. The molecule has 0 N–H and O–H groups in total. The fourth-order valence-corrected chi connectivity index (χ4v) is 4.07. The van der Waals surface area contributed by atoms with Crippen molar-refractivity contribution >= 4 is 21.9 Å². The van der Waals surface area contributed by atoms with E-state index in [4.69, 9.17) is 0 Å². The average Bonchev–Trinajstić information content (AvgIpc) is 2.98. The van der Waals surface area contributed by atoms with Gasteiger partial charge in [-0.25, -0.2) is 4.98 Å². The number of thiazole rings is 1. The zero-order valence-electron chi connectivity index (χ0n) is 13.6. The predicted octanol–water partition coefficient (Wildman–Crippen LogP) is 3.35. The van der Waals surface area contributed by atoms with Crippen molar-refractivity contribution in [2.75, 3.05) is 13.1 Å². The third-order valence-electron chi connectivity index (χ3n) is 4.45. The van der Waals surface area contributed by atoms with Crippen LogP contribution in [0.1, 0.15) is 23.4 Å². The zero-order chi connectivity index (χ0) is 16.5. The van der Waals surface area contributed by atoms with E-state index < -0.39 is 0 Å². The molecule has 2 aromatic heterocycles. The van der Waals surface area contributed by atoms with Gasteiger partial charge in [-0.1, -0.05) is 36.4 Å². The van der Waals surface area contributed by atoms with Gasteiger partial charge in [0.2, 0.25) is 0 Å². The molecular formula is C19H19N3OS. The summed E-state index contributed by atoms with van der Waals surface area (Å²) in [5.74, 6) is 0. The third-order valence-corrected chi connectivity index (χ3v) is 5.40. The number of benzene rings is 1. The molecule has 0 spiro atoms. The molecule has 4 nitrogen and oxygen atoms in total. The van der Waals surface area contributed by atoms with Crippen molar-refractivity contribution in [2.45, 2.75) is 19.9 Å². The Morgan fingerprint density at radius 2 is 2.08 bits per heavy atom. The van der Waals surface area contributed by atoms with Crippen molar-refractivity contribution in [3.05, 3.63) is 75.2 Å². The molecule has 0 amide bonds. The molecule has 3 aromatic rings. The second-order valence-corrected chi connectivity index (χ2v) is 7.00. The summed E-state index contributed by atoms with van der Waals surface area (Å²) in [4.78, 5) is 20.0. The minimum atomic E-state index is 0.0197. The standard InChI is InChI=1S/C19H19N3OS/c1-14-13-24-19-20-17(11-18(23)22(14)19)12-21-9-7-16(8-10-21)15-5-3-2-4-6-15/h2-7,11,13H,8-10,12H2,1H3. The highest BCUT2D eigenvalue weighted by molar-refractivity contribution is 7.15. The lowest BCUT2D eigenvalue weighted by molar-refractivity contribution is 0.290. The van der Waals surface area contributed by atoms with Gasteiger partial charge < -0.3 is 0 Å². The van der Waals surface area contributed by atoms with Gasteiger partial charge in [-0.15, -0.1) is 11.3 Å². The highest BCUT2D eigenvalue weighted by Gasteiger charge is 2.15. The van der Waals surface area contributed by atoms with E-state index in [0.29, 0.717) is 0 Å². The third kappa shape index (κ3) is 2.92. The Kier molecular flexibility index (Phi) is 4.04. The Morgan fingerprint density at radius 3 is 2.83 bits per heavy atom. The molecular weight excluding hydrogens is 318 g/mol. The van der Waals surface area contributed by atoms with E-state index in [2.05, 4.69) is 40.2 Å². The maximum absolute atomic E-state index is 12.3. The van der Waals surface area contributed by atoms with E-state index >= 15 is 0 Å². The molecule has 0 saturated carbocycles. The maximum Gasteiger partial charge on any atom is 0.259 e.